The lowest BCUT2D eigenvalue weighted by atomic mass is 10.3. The first-order valence-electron chi connectivity index (χ1n) is 5.00. The predicted molar refractivity (Wildman–Crippen MR) is 71.6 cm³/mol. The molecule has 0 amide bonds. The van der Waals surface area contributed by atoms with Crippen LogP contribution in [0.3, 0.4) is 0 Å². The van der Waals surface area contributed by atoms with Crippen molar-refractivity contribution in [2.75, 3.05) is 12.8 Å². The number of rotatable bonds is 3. The Bertz CT molecular complexity index is 582. The predicted octanol–water partition coefficient (Wildman–Crippen LogP) is 3.56. The first kappa shape index (κ1) is 12.7. The van der Waals surface area contributed by atoms with Crippen LogP contribution < -0.4 is 10.5 Å². The second-order valence-electron chi connectivity index (χ2n) is 3.39. The lowest BCUT2D eigenvalue weighted by Gasteiger charge is -2.08. The van der Waals surface area contributed by atoms with E-state index in [0.717, 1.165) is 0 Å². The van der Waals surface area contributed by atoms with Gasteiger partial charge in [0.15, 0.2) is 10.6 Å². The zero-order valence-corrected chi connectivity index (χ0v) is 11.0. The van der Waals surface area contributed by atoms with E-state index in [-0.39, 0.29) is 0 Å². The van der Waals surface area contributed by atoms with Gasteiger partial charge in [0.2, 0.25) is 0 Å². The summed E-state index contributed by atoms with van der Waals surface area (Å²) in [5.74, 6) is 0.427. The highest BCUT2D eigenvalue weighted by molar-refractivity contribution is 7.12. The first-order chi connectivity index (χ1) is 8.61. The van der Waals surface area contributed by atoms with Crippen molar-refractivity contribution in [3.05, 3.63) is 39.5 Å². The summed E-state index contributed by atoms with van der Waals surface area (Å²) in [6, 6.07) is 6.58. The molecule has 0 saturated heterocycles. The maximum absolute atomic E-state index is 11.5. The van der Waals surface area contributed by atoms with Gasteiger partial charge in [-0.05, 0) is 29.6 Å². The van der Waals surface area contributed by atoms with Crippen molar-refractivity contribution >= 4 is 34.6 Å². The summed E-state index contributed by atoms with van der Waals surface area (Å²) in [5.41, 5.74) is 6.18. The maximum atomic E-state index is 11.5. The number of halogens is 1. The van der Waals surface area contributed by atoms with Crippen LogP contribution in [-0.4, -0.2) is 13.1 Å². The maximum Gasteiger partial charge on any atom is 0.351 e. The summed E-state index contributed by atoms with van der Waals surface area (Å²) >= 11 is 7.04. The molecule has 0 aliphatic rings. The normalized spacial score (nSPS) is 10.1. The van der Waals surface area contributed by atoms with Crippen LogP contribution in [0.5, 0.6) is 11.5 Å². The zero-order chi connectivity index (χ0) is 13.1. The van der Waals surface area contributed by atoms with Gasteiger partial charge in [-0.25, -0.2) is 4.79 Å². The number of anilines is 1. The Morgan fingerprint density at radius 2 is 2.11 bits per heavy atom. The molecule has 1 aromatic carbocycles. The number of carbonyl (C=O) groups is 1. The van der Waals surface area contributed by atoms with Gasteiger partial charge in [-0.2, -0.15) is 0 Å². The minimum atomic E-state index is -0.437. The van der Waals surface area contributed by atoms with Crippen LogP contribution in [-0.2, 0) is 4.74 Å². The SMILES string of the molecule is COC(=O)c1sccc1Oc1ccc(Cl)cc1N. The molecule has 0 aliphatic heterocycles. The molecule has 18 heavy (non-hydrogen) atoms. The Morgan fingerprint density at radius 1 is 1.33 bits per heavy atom. The fourth-order valence-electron chi connectivity index (χ4n) is 1.35. The number of nitrogens with two attached hydrogens (primary N) is 1. The van der Waals surface area contributed by atoms with Gasteiger partial charge in [0.1, 0.15) is 5.75 Å². The third kappa shape index (κ3) is 2.57. The van der Waals surface area contributed by atoms with Gasteiger partial charge in [0.25, 0.3) is 0 Å². The van der Waals surface area contributed by atoms with Gasteiger partial charge in [0.05, 0.1) is 12.8 Å². The van der Waals surface area contributed by atoms with Crippen molar-refractivity contribution in [1.29, 1.82) is 0 Å². The van der Waals surface area contributed by atoms with Crippen LogP contribution in [0.25, 0.3) is 0 Å². The Balaban J connectivity index is 2.29. The van der Waals surface area contributed by atoms with E-state index in [1.807, 2.05) is 0 Å². The van der Waals surface area contributed by atoms with Crippen molar-refractivity contribution in [2.24, 2.45) is 0 Å². The molecule has 0 saturated carbocycles. The number of nitrogen functional groups attached to an aromatic ring is 1. The average Bonchev–Trinajstić information content (AvgIpc) is 2.80. The summed E-state index contributed by atoms with van der Waals surface area (Å²) in [4.78, 5) is 11.9. The smallest absolute Gasteiger partial charge is 0.351 e. The van der Waals surface area contributed by atoms with Gasteiger partial charge in [-0.1, -0.05) is 11.6 Å². The second kappa shape index (κ2) is 5.29. The molecule has 4 nitrogen and oxygen atoms in total. The van der Waals surface area contributed by atoms with Crippen molar-refractivity contribution in [3.8, 4) is 11.5 Å². The van der Waals surface area contributed by atoms with Gasteiger partial charge in [-0.15, -0.1) is 11.3 Å². The van der Waals surface area contributed by atoms with Crippen molar-refractivity contribution in [2.45, 2.75) is 0 Å². The summed E-state index contributed by atoms with van der Waals surface area (Å²) < 4.78 is 10.2. The lowest BCUT2D eigenvalue weighted by Crippen LogP contribution is -2.00. The van der Waals surface area contributed by atoms with Crippen LogP contribution >= 0.6 is 22.9 Å². The van der Waals surface area contributed by atoms with E-state index < -0.39 is 5.97 Å². The molecule has 0 fully saturated rings. The summed E-state index contributed by atoms with van der Waals surface area (Å²) in [5, 5.41) is 2.27. The molecule has 1 aromatic heterocycles. The molecule has 1 heterocycles. The van der Waals surface area contributed by atoms with Crippen molar-refractivity contribution < 1.29 is 14.3 Å². The number of hydrogen-bond donors (Lipinski definition) is 1. The van der Waals surface area contributed by atoms with Gasteiger partial charge >= 0.3 is 5.97 Å². The van der Waals surface area contributed by atoms with E-state index in [2.05, 4.69) is 4.74 Å². The van der Waals surface area contributed by atoms with E-state index in [9.17, 15) is 4.79 Å². The third-order valence-electron chi connectivity index (χ3n) is 2.19. The van der Waals surface area contributed by atoms with Crippen LogP contribution in [0.4, 0.5) is 5.69 Å². The lowest BCUT2D eigenvalue weighted by molar-refractivity contribution is 0.0604. The first-order valence-corrected chi connectivity index (χ1v) is 6.26. The second-order valence-corrected chi connectivity index (χ2v) is 4.74. The zero-order valence-electron chi connectivity index (χ0n) is 9.48. The molecule has 2 aromatic rings. The van der Waals surface area contributed by atoms with Crippen LogP contribution in [0.2, 0.25) is 5.02 Å². The number of esters is 1. The van der Waals surface area contributed by atoms with Crippen LogP contribution in [0.1, 0.15) is 9.67 Å². The Kier molecular flexibility index (Phi) is 3.74. The van der Waals surface area contributed by atoms with Crippen LogP contribution in [0.15, 0.2) is 29.6 Å². The van der Waals surface area contributed by atoms with E-state index >= 15 is 0 Å². The Hall–Kier alpha value is -1.72. The summed E-state index contributed by atoms with van der Waals surface area (Å²) in [6.45, 7) is 0. The Morgan fingerprint density at radius 3 is 2.78 bits per heavy atom. The van der Waals surface area contributed by atoms with E-state index in [1.54, 1.807) is 29.6 Å². The van der Waals surface area contributed by atoms with Crippen LogP contribution in [0, 0.1) is 0 Å². The van der Waals surface area contributed by atoms with E-state index in [4.69, 9.17) is 22.1 Å². The van der Waals surface area contributed by atoms with Crippen molar-refractivity contribution in [3.63, 3.8) is 0 Å². The molecule has 2 rings (SSSR count). The van der Waals surface area contributed by atoms with Gasteiger partial charge in [0, 0.05) is 5.02 Å². The fourth-order valence-corrected chi connectivity index (χ4v) is 2.26. The minimum Gasteiger partial charge on any atom is -0.465 e. The van der Waals surface area contributed by atoms with E-state index in [0.29, 0.717) is 27.1 Å². The Labute approximate surface area is 113 Å². The molecule has 2 N–H and O–H groups in total. The highest BCUT2D eigenvalue weighted by Crippen LogP contribution is 2.34. The number of methoxy groups -OCH3 is 1. The summed E-state index contributed by atoms with van der Waals surface area (Å²) in [7, 11) is 1.32. The molecular formula is C12H10ClNO3S. The number of benzene rings is 1. The van der Waals surface area contributed by atoms with Gasteiger partial charge < -0.3 is 15.2 Å². The average molecular weight is 284 g/mol. The molecule has 0 aliphatic carbocycles. The quantitative estimate of drug-likeness (QED) is 0.691. The minimum absolute atomic E-state index is 0.395. The highest BCUT2D eigenvalue weighted by atomic mass is 35.5. The molecule has 0 radical (unpaired) electrons. The molecule has 6 heteroatoms. The monoisotopic (exact) mass is 283 g/mol. The highest BCUT2D eigenvalue weighted by Gasteiger charge is 2.16. The fraction of sp³-hybridized carbons (Fsp3) is 0.0833. The molecule has 0 unspecified atom stereocenters. The molecule has 0 spiro atoms. The molecule has 0 atom stereocenters. The number of carbonyl (C=O) groups excluding carboxylic acids is 1. The van der Waals surface area contributed by atoms with E-state index in [1.165, 1.54) is 18.4 Å². The van der Waals surface area contributed by atoms with Crippen molar-refractivity contribution in [1.82, 2.24) is 0 Å². The summed E-state index contributed by atoms with van der Waals surface area (Å²) in [6.07, 6.45) is 0. The molecule has 0 bridgehead atoms. The molecule has 94 valence electrons. The number of ether oxygens (including phenoxy) is 2. The topological polar surface area (TPSA) is 61.5 Å². The third-order valence-corrected chi connectivity index (χ3v) is 3.30. The number of hydrogen-bond acceptors (Lipinski definition) is 5. The number of thiophene rings is 1. The van der Waals surface area contributed by atoms with Gasteiger partial charge in [-0.3, -0.25) is 0 Å². The largest absolute Gasteiger partial charge is 0.465 e. The molecular weight excluding hydrogens is 274 g/mol. The standard InChI is InChI=1S/C12H10ClNO3S/c1-16-12(15)11-10(4-5-18-11)17-9-3-2-7(13)6-8(9)14/h2-6H,14H2,1H3.